The average molecular weight is 232 g/mol. The number of hydrogen-bond donors (Lipinski definition) is 1. The van der Waals surface area contributed by atoms with E-state index in [1.807, 2.05) is 6.07 Å². The van der Waals surface area contributed by atoms with E-state index in [4.69, 9.17) is 5.73 Å². The number of ether oxygens (including phenoxy) is 1. The highest BCUT2D eigenvalue weighted by Gasteiger charge is 2.13. The van der Waals surface area contributed by atoms with Gasteiger partial charge in [-0.1, -0.05) is 0 Å². The highest BCUT2D eigenvalue weighted by molar-refractivity contribution is 5.90. The van der Waals surface area contributed by atoms with E-state index < -0.39 is 5.97 Å². The molecule has 0 saturated heterocycles. The Kier molecular flexibility index (Phi) is 2.78. The summed E-state index contributed by atoms with van der Waals surface area (Å²) in [5.41, 5.74) is 8.07. The fourth-order valence-corrected chi connectivity index (χ4v) is 1.54. The molecule has 0 bridgehead atoms. The van der Waals surface area contributed by atoms with Crippen molar-refractivity contribution < 1.29 is 9.53 Å². The number of hydrogen-bond acceptors (Lipinski definition) is 5. The molecule has 0 spiro atoms. The average Bonchev–Trinajstić information content (AvgIpc) is 2.75. The lowest BCUT2D eigenvalue weighted by atomic mass is 10.1. The maximum atomic E-state index is 11.4. The van der Waals surface area contributed by atoms with E-state index in [0.29, 0.717) is 11.3 Å². The third-order valence-corrected chi connectivity index (χ3v) is 2.43. The van der Waals surface area contributed by atoms with Crippen molar-refractivity contribution in [3.05, 3.63) is 30.2 Å². The van der Waals surface area contributed by atoms with Gasteiger partial charge in [-0.15, -0.1) is 0 Å². The topological polar surface area (TPSA) is 83.0 Å². The molecule has 0 saturated carbocycles. The highest BCUT2D eigenvalue weighted by Crippen LogP contribution is 2.25. The van der Waals surface area contributed by atoms with Crippen molar-refractivity contribution in [3.63, 3.8) is 0 Å². The molecule has 0 amide bonds. The predicted molar refractivity (Wildman–Crippen MR) is 62.2 cm³/mol. The molecule has 17 heavy (non-hydrogen) atoms. The van der Waals surface area contributed by atoms with E-state index in [1.165, 1.54) is 13.3 Å². The predicted octanol–water partition coefficient (Wildman–Crippen LogP) is 0.851. The number of nitrogens with zero attached hydrogens (tertiary/aromatic N) is 3. The van der Waals surface area contributed by atoms with E-state index >= 15 is 0 Å². The van der Waals surface area contributed by atoms with Gasteiger partial charge < -0.3 is 10.5 Å². The smallest absolute Gasteiger partial charge is 0.356 e. The van der Waals surface area contributed by atoms with Gasteiger partial charge in [-0.25, -0.2) is 9.78 Å². The molecule has 0 radical (unpaired) electrons. The molecule has 0 aliphatic carbocycles. The van der Waals surface area contributed by atoms with Crippen LogP contribution in [-0.4, -0.2) is 27.8 Å². The Balaban J connectivity index is 2.54. The molecule has 0 aliphatic rings. The molecule has 2 heterocycles. The number of nitrogen functional groups attached to an aromatic ring is 1. The van der Waals surface area contributed by atoms with Gasteiger partial charge in [0.05, 0.1) is 24.7 Å². The molecule has 2 aromatic rings. The lowest BCUT2D eigenvalue weighted by Crippen LogP contribution is -2.06. The number of pyridine rings is 1. The Bertz CT molecular complexity index is 562. The Labute approximate surface area is 98.0 Å². The highest BCUT2D eigenvalue weighted by atomic mass is 16.5. The molecule has 0 unspecified atom stereocenters. The molecule has 0 aliphatic heterocycles. The SMILES string of the molecule is COC(=O)c1cc(-c2ccnn2C)c(N)cn1. The summed E-state index contributed by atoms with van der Waals surface area (Å²) < 4.78 is 6.29. The number of rotatable bonds is 2. The minimum atomic E-state index is -0.492. The van der Waals surface area contributed by atoms with Gasteiger partial charge in [-0.05, 0) is 12.1 Å². The minimum Gasteiger partial charge on any atom is -0.464 e. The molecule has 2 rings (SSSR count). The summed E-state index contributed by atoms with van der Waals surface area (Å²) in [6.45, 7) is 0. The first-order chi connectivity index (χ1) is 8.13. The van der Waals surface area contributed by atoms with Gasteiger partial charge >= 0.3 is 5.97 Å². The second kappa shape index (κ2) is 4.25. The molecular weight excluding hydrogens is 220 g/mol. The number of anilines is 1. The molecule has 6 heteroatoms. The van der Waals surface area contributed by atoms with Crippen molar-refractivity contribution in [2.75, 3.05) is 12.8 Å². The van der Waals surface area contributed by atoms with E-state index in [9.17, 15) is 4.79 Å². The zero-order valence-electron chi connectivity index (χ0n) is 9.54. The van der Waals surface area contributed by atoms with Crippen molar-refractivity contribution in [2.45, 2.75) is 0 Å². The van der Waals surface area contributed by atoms with Crippen molar-refractivity contribution >= 4 is 11.7 Å². The van der Waals surface area contributed by atoms with Gasteiger partial charge in [-0.3, -0.25) is 4.68 Å². The fraction of sp³-hybridized carbons (Fsp3) is 0.182. The third-order valence-electron chi connectivity index (χ3n) is 2.43. The number of aromatic nitrogens is 3. The van der Waals surface area contributed by atoms with Crippen molar-refractivity contribution in [1.29, 1.82) is 0 Å². The Morgan fingerprint density at radius 1 is 1.53 bits per heavy atom. The van der Waals surface area contributed by atoms with Crippen LogP contribution in [-0.2, 0) is 11.8 Å². The summed E-state index contributed by atoms with van der Waals surface area (Å²) in [7, 11) is 3.11. The molecule has 2 aromatic heterocycles. The standard InChI is InChI=1S/C11H12N4O2/c1-15-10(3-4-14-15)7-5-9(11(16)17-2)13-6-8(7)12/h3-6H,12H2,1-2H3. The first-order valence-corrected chi connectivity index (χ1v) is 4.95. The quantitative estimate of drug-likeness (QED) is 0.776. The van der Waals surface area contributed by atoms with Crippen molar-refractivity contribution in [2.24, 2.45) is 7.05 Å². The molecule has 88 valence electrons. The molecule has 0 aromatic carbocycles. The largest absolute Gasteiger partial charge is 0.464 e. The Morgan fingerprint density at radius 3 is 2.88 bits per heavy atom. The number of carbonyl (C=O) groups excluding carboxylic acids is 1. The summed E-state index contributed by atoms with van der Waals surface area (Å²) in [5, 5.41) is 4.05. The van der Waals surface area contributed by atoms with Crippen LogP contribution < -0.4 is 5.73 Å². The third kappa shape index (κ3) is 1.96. The van der Waals surface area contributed by atoms with Crippen LogP contribution in [0.25, 0.3) is 11.3 Å². The van der Waals surface area contributed by atoms with Crippen LogP contribution in [0.5, 0.6) is 0 Å². The lowest BCUT2D eigenvalue weighted by Gasteiger charge is -2.07. The van der Waals surface area contributed by atoms with E-state index in [0.717, 1.165) is 5.69 Å². The second-order valence-electron chi connectivity index (χ2n) is 3.49. The molecule has 2 N–H and O–H groups in total. The molecular formula is C11H12N4O2. The molecule has 6 nitrogen and oxygen atoms in total. The Hall–Kier alpha value is -2.37. The Morgan fingerprint density at radius 2 is 2.29 bits per heavy atom. The summed E-state index contributed by atoms with van der Waals surface area (Å²) in [4.78, 5) is 15.3. The number of aryl methyl sites for hydroxylation is 1. The first-order valence-electron chi connectivity index (χ1n) is 4.95. The second-order valence-corrected chi connectivity index (χ2v) is 3.49. The maximum absolute atomic E-state index is 11.4. The number of nitrogens with two attached hydrogens (primary N) is 1. The van der Waals surface area contributed by atoms with Gasteiger partial charge in [0.2, 0.25) is 0 Å². The van der Waals surface area contributed by atoms with Crippen LogP contribution in [0, 0.1) is 0 Å². The normalized spacial score (nSPS) is 10.2. The van der Waals surface area contributed by atoms with Crippen LogP contribution in [0.15, 0.2) is 24.5 Å². The van der Waals surface area contributed by atoms with E-state index in [-0.39, 0.29) is 5.69 Å². The van der Waals surface area contributed by atoms with Crippen LogP contribution in [0.3, 0.4) is 0 Å². The molecule has 0 fully saturated rings. The van der Waals surface area contributed by atoms with Crippen molar-refractivity contribution in [1.82, 2.24) is 14.8 Å². The van der Waals surface area contributed by atoms with Crippen molar-refractivity contribution in [3.8, 4) is 11.3 Å². The van der Waals surface area contributed by atoms with Crippen LogP contribution >= 0.6 is 0 Å². The van der Waals surface area contributed by atoms with Gasteiger partial charge in [-0.2, -0.15) is 5.10 Å². The van der Waals surface area contributed by atoms with Gasteiger partial charge in [0, 0.05) is 18.8 Å². The number of methoxy groups -OCH3 is 1. The summed E-state index contributed by atoms with van der Waals surface area (Å²) >= 11 is 0. The zero-order valence-corrected chi connectivity index (χ0v) is 9.54. The number of esters is 1. The maximum Gasteiger partial charge on any atom is 0.356 e. The van der Waals surface area contributed by atoms with Gasteiger partial charge in [0.1, 0.15) is 5.69 Å². The zero-order chi connectivity index (χ0) is 12.4. The summed E-state index contributed by atoms with van der Waals surface area (Å²) in [5.74, 6) is -0.492. The van der Waals surface area contributed by atoms with E-state index in [2.05, 4.69) is 14.8 Å². The summed E-state index contributed by atoms with van der Waals surface area (Å²) in [6, 6.07) is 3.41. The van der Waals surface area contributed by atoms with Gasteiger partial charge in [0.25, 0.3) is 0 Å². The minimum absolute atomic E-state index is 0.220. The molecule has 0 atom stereocenters. The number of carbonyl (C=O) groups is 1. The van der Waals surface area contributed by atoms with E-state index in [1.54, 1.807) is 24.0 Å². The van der Waals surface area contributed by atoms with Crippen LogP contribution in [0.2, 0.25) is 0 Å². The fourth-order valence-electron chi connectivity index (χ4n) is 1.54. The van der Waals surface area contributed by atoms with Gasteiger partial charge in [0.15, 0.2) is 0 Å². The van der Waals surface area contributed by atoms with Crippen LogP contribution in [0.1, 0.15) is 10.5 Å². The lowest BCUT2D eigenvalue weighted by molar-refractivity contribution is 0.0594. The van der Waals surface area contributed by atoms with Crippen LogP contribution in [0.4, 0.5) is 5.69 Å². The first kappa shape index (κ1) is 11.1. The summed E-state index contributed by atoms with van der Waals surface area (Å²) in [6.07, 6.45) is 3.10. The monoisotopic (exact) mass is 232 g/mol.